The van der Waals surface area contributed by atoms with Gasteiger partial charge in [-0.15, -0.1) is 0 Å². The third-order valence-electron chi connectivity index (χ3n) is 6.26. The van der Waals surface area contributed by atoms with Crippen LogP contribution >= 0.6 is 0 Å². The van der Waals surface area contributed by atoms with Gasteiger partial charge in [0.25, 0.3) is 10.0 Å². The van der Waals surface area contributed by atoms with Gasteiger partial charge in [0, 0.05) is 34.6 Å². The first-order valence-electron chi connectivity index (χ1n) is 12.2. The third-order valence-corrected chi connectivity index (χ3v) is 8.02. The molecule has 0 fully saturated rings. The summed E-state index contributed by atoms with van der Waals surface area (Å²) in [5.74, 6) is -1.45. The maximum Gasteiger partial charge on any atom is 0.338 e. The van der Waals surface area contributed by atoms with Gasteiger partial charge in [-0.1, -0.05) is 31.5 Å². The normalized spacial score (nSPS) is 11.0. The lowest BCUT2D eigenvalue weighted by molar-refractivity contribution is 0.0602. The Labute approximate surface area is 230 Å². The molecule has 12 heteroatoms. The molecule has 11 nitrogen and oxygen atoms in total. The summed E-state index contributed by atoms with van der Waals surface area (Å²) in [6.45, 7) is 5.75. The summed E-state index contributed by atoms with van der Waals surface area (Å²) in [6.07, 6.45) is 4.23. The first-order valence-corrected chi connectivity index (χ1v) is 13.7. The molecule has 4 aromatic heterocycles. The fraction of sp³-hybridized carbons (Fsp3) is 0.214. The molecular weight excluding hydrogens is 536 g/mol. The van der Waals surface area contributed by atoms with Gasteiger partial charge in [0.2, 0.25) is 0 Å². The van der Waals surface area contributed by atoms with Crippen molar-refractivity contribution >= 4 is 44.0 Å². The molecule has 0 aliphatic heterocycles. The number of nitrogens with one attached hydrogen (secondary N) is 1. The molecule has 0 spiro atoms. The van der Waals surface area contributed by atoms with E-state index in [1.165, 1.54) is 35.6 Å². The van der Waals surface area contributed by atoms with Crippen molar-refractivity contribution in [1.82, 2.24) is 18.9 Å². The Hall–Kier alpha value is -4.55. The molecule has 0 unspecified atom stereocenters. The number of carbonyl (C=O) groups is 2. The van der Waals surface area contributed by atoms with Crippen LogP contribution in [0.15, 0.2) is 65.8 Å². The van der Waals surface area contributed by atoms with E-state index in [4.69, 9.17) is 9.84 Å². The topological polar surface area (TPSA) is 176 Å². The summed E-state index contributed by atoms with van der Waals surface area (Å²) < 4.78 is 32.3. The number of aromatic nitrogens is 4. The summed E-state index contributed by atoms with van der Waals surface area (Å²) in [4.78, 5) is 34.4. The number of H-pyrrole nitrogens is 1. The Morgan fingerprint density at radius 1 is 0.950 bits per heavy atom. The number of carbonyl (C=O) groups excluding carboxylic acids is 1. The smallest absolute Gasteiger partial charge is 0.338 e. The molecule has 0 atom stereocenters. The van der Waals surface area contributed by atoms with Crippen molar-refractivity contribution in [3.05, 3.63) is 89.0 Å². The first-order chi connectivity index (χ1) is 18.6. The number of hydrogen-bond donors (Lipinski definition) is 2. The van der Waals surface area contributed by atoms with Crippen LogP contribution in [0.4, 0.5) is 0 Å². The van der Waals surface area contributed by atoms with Crippen molar-refractivity contribution in [2.24, 2.45) is 0 Å². The second kappa shape index (κ2) is 12.1. The Balaban J connectivity index is 0.000000250. The van der Waals surface area contributed by atoms with Crippen LogP contribution in [0.3, 0.4) is 0 Å². The summed E-state index contributed by atoms with van der Waals surface area (Å²) in [7, 11) is -2.54. The average molecular weight is 567 g/mol. The highest BCUT2D eigenvalue weighted by molar-refractivity contribution is 7.90. The second-order valence-electron chi connectivity index (χ2n) is 8.73. The van der Waals surface area contributed by atoms with Gasteiger partial charge in [0.15, 0.2) is 5.65 Å². The molecule has 40 heavy (non-hydrogen) atoms. The molecule has 4 heterocycles. The van der Waals surface area contributed by atoms with Crippen LogP contribution < -0.4 is 0 Å². The van der Waals surface area contributed by atoms with Crippen molar-refractivity contribution in [2.75, 3.05) is 7.11 Å². The fourth-order valence-corrected chi connectivity index (χ4v) is 5.76. The lowest BCUT2D eigenvalue weighted by Crippen LogP contribution is -2.16. The van der Waals surface area contributed by atoms with Crippen LogP contribution in [0.2, 0.25) is 0 Å². The Kier molecular flexibility index (Phi) is 9.07. The number of hydrogen-bond acceptors (Lipinski definition) is 7. The summed E-state index contributed by atoms with van der Waals surface area (Å²) in [5.41, 5.74) is 3.98. The summed E-state index contributed by atoms with van der Waals surface area (Å²) >= 11 is 0. The maximum absolute atomic E-state index is 13.2. The van der Waals surface area contributed by atoms with Gasteiger partial charge in [-0.25, -0.2) is 31.9 Å². The number of methoxy groups -OCH3 is 1. The largest absolute Gasteiger partial charge is 0.478 e. The van der Waals surface area contributed by atoms with Gasteiger partial charge in [-0.2, -0.15) is 0 Å². The number of ether oxygens (including phenoxy) is 1. The zero-order valence-electron chi connectivity index (χ0n) is 22.4. The number of carboxylic acids is 1. The van der Waals surface area contributed by atoms with E-state index in [2.05, 4.69) is 15.0 Å². The number of aromatic carboxylic acids is 1. The van der Waals surface area contributed by atoms with Crippen molar-refractivity contribution in [3.8, 4) is 0 Å². The number of aryl methyl sites for hydroxylation is 3. The minimum atomic E-state index is -3.83. The molecule has 5 aromatic rings. The molecule has 0 saturated heterocycles. The summed E-state index contributed by atoms with van der Waals surface area (Å²) in [6, 6.07) is 13.2. The minimum absolute atomic E-state index is 0. The van der Waals surface area contributed by atoms with Crippen LogP contribution in [0.25, 0.3) is 22.1 Å². The van der Waals surface area contributed by atoms with Crippen LogP contribution in [-0.4, -0.2) is 57.0 Å². The number of fused-ring (bicyclic) bond motifs is 2. The van der Waals surface area contributed by atoms with Gasteiger partial charge < -0.3 is 20.3 Å². The third kappa shape index (κ3) is 5.58. The molecule has 0 saturated carbocycles. The van der Waals surface area contributed by atoms with Gasteiger partial charge in [-0.05, 0) is 56.2 Å². The average Bonchev–Trinajstić information content (AvgIpc) is 3.54. The molecule has 0 aliphatic rings. The van der Waals surface area contributed by atoms with Gasteiger partial charge in [-0.3, -0.25) is 0 Å². The predicted octanol–water partition coefficient (Wildman–Crippen LogP) is 3.93. The molecule has 4 N–H and O–H groups in total. The molecule has 1 aromatic carbocycles. The van der Waals surface area contributed by atoms with E-state index in [-0.39, 0.29) is 16.0 Å². The predicted molar refractivity (Wildman–Crippen MR) is 150 cm³/mol. The van der Waals surface area contributed by atoms with E-state index < -0.39 is 22.0 Å². The molecule has 5 rings (SSSR count). The SMILES string of the molecule is CCc1cc2c(C(=O)O)ccnc2[nH]1.CCc1cc2c(C(=O)OC)ccnc2n1S(=O)(=O)c1ccc(C)cc1.O. The van der Waals surface area contributed by atoms with Crippen molar-refractivity contribution in [2.45, 2.75) is 38.5 Å². The summed E-state index contributed by atoms with van der Waals surface area (Å²) in [5, 5.41) is 10.1. The number of esters is 1. The van der Waals surface area contributed by atoms with Crippen molar-refractivity contribution in [1.29, 1.82) is 0 Å². The Morgan fingerprint density at radius 2 is 1.60 bits per heavy atom. The lowest BCUT2D eigenvalue weighted by atomic mass is 10.2. The Bertz CT molecular complexity index is 1790. The highest BCUT2D eigenvalue weighted by Gasteiger charge is 2.25. The highest BCUT2D eigenvalue weighted by atomic mass is 32.2. The second-order valence-corrected chi connectivity index (χ2v) is 10.5. The molecule has 0 bridgehead atoms. The number of aromatic amines is 1. The van der Waals surface area contributed by atoms with E-state index in [1.807, 2.05) is 26.8 Å². The zero-order chi connectivity index (χ0) is 28.3. The minimum Gasteiger partial charge on any atom is -0.478 e. The van der Waals surface area contributed by atoms with E-state index >= 15 is 0 Å². The van der Waals surface area contributed by atoms with Gasteiger partial charge in [0.05, 0.1) is 23.1 Å². The number of rotatable bonds is 6. The van der Waals surface area contributed by atoms with E-state index in [0.717, 1.165) is 17.7 Å². The van der Waals surface area contributed by atoms with Crippen LogP contribution in [0.5, 0.6) is 0 Å². The van der Waals surface area contributed by atoms with Gasteiger partial charge >= 0.3 is 11.9 Å². The molecule has 0 radical (unpaired) electrons. The lowest BCUT2D eigenvalue weighted by Gasteiger charge is -2.11. The standard InChI is InChI=1S/C18H18N2O4S.C10H10N2O2.H2O/c1-4-13-11-16-15(18(21)24-3)9-10-19-17(16)20(13)25(22,23)14-7-5-12(2)6-8-14;1-2-6-5-8-7(10(13)14)3-4-11-9(8)12-6;/h5-11H,4H2,1-3H3;3-5H,2H2,1H3,(H,11,12)(H,13,14);1H2. The van der Waals surface area contributed by atoms with Gasteiger partial charge in [0.1, 0.15) is 5.65 Å². The number of nitrogens with zero attached hydrogens (tertiary/aromatic N) is 3. The fourth-order valence-electron chi connectivity index (χ4n) is 4.20. The number of benzene rings is 1. The first kappa shape index (κ1) is 30.0. The maximum atomic E-state index is 13.2. The highest BCUT2D eigenvalue weighted by Crippen LogP contribution is 2.27. The van der Waals surface area contributed by atoms with Crippen LogP contribution in [-0.2, 0) is 27.6 Å². The molecule has 0 amide bonds. The monoisotopic (exact) mass is 566 g/mol. The quantitative estimate of drug-likeness (QED) is 0.291. The van der Waals surface area contributed by atoms with Crippen molar-refractivity contribution < 1.29 is 33.3 Å². The number of carboxylic acid groups (broad SMARTS) is 1. The Morgan fingerprint density at radius 3 is 2.20 bits per heavy atom. The van der Waals surface area contributed by atoms with Crippen LogP contribution in [0.1, 0.15) is 51.5 Å². The molecule has 0 aliphatic carbocycles. The zero-order valence-corrected chi connectivity index (χ0v) is 23.2. The molecule has 210 valence electrons. The van der Waals surface area contributed by atoms with E-state index in [0.29, 0.717) is 39.7 Å². The van der Waals surface area contributed by atoms with Crippen LogP contribution in [0, 0.1) is 6.92 Å². The van der Waals surface area contributed by atoms with E-state index in [9.17, 15) is 18.0 Å². The number of pyridine rings is 2. The van der Waals surface area contributed by atoms with Crippen molar-refractivity contribution in [3.63, 3.8) is 0 Å². The van der Waals surface area contributed by atoms with E-state index in [1.54, 1.807) is 30.3 Å². The molecular formula is C28H30N4O7S.